The Balaban J connectivity index is 4.14. The van der Waals surface area contributed by atoms with Gasteiger partial charge in [0.15, 0.2) is 0 Å². The molecule has 0 saturated carbocycles. The van der Waals surface area contributed by atoms with Crippen molar-refractivity contribution in [1.82, 2.24) is 5.32 Å². The van der Waals surface area contributed by atoms with Gasteiger partial charge in [0.1, 0.15) is 5.54 Å². The first kappa shape index (κ1) is 16.8. The molecule has 4 heteroatoms. The zero-order valence-corrected chi connectivity index (χ0v) is 12.7. The van der Waals surface area contributed by atoms with Crippen LogP contribution >= 0.6 is 11.8 Å². The third-order valence-corrected chi connectivity index (χ3v) is 3.86. The van der Waals surface area contributed by atoms with E-state index < -0.39 is 5.54 Å². The maximum Gasteiger partial charge on any atom is 0.325 e. The molecule has 0 rings (SSSR count). The molecule has 0 saturated heterocycles. The van der Waals surface area contributed by atoms with Crippen LogP contribution in [0.4, 0.5) is 0 Å². The summed E-state index contributed by atoms with van der Waals surface area (Å²) < 4.78 is 4.88. The molecular weight excluding hydrogens is 234 g/mol. The average molecular weight is 261 g/mol. The second kappa shape index (κ2) is 8.81. The minimum atomic E-state index is -0.525. The SMILES string of the molecule is CCCNC(C)(CCCSC(C)C)C(=O)OC. The van der Waals surface area contributed by atoms with Gasteiger partial charge in [-0.2, -0.15) is 11.8 Å². The zero-order valence-electron chi connectivity index (χ0n) is 11.8. The summed E-state index contributed by atoms with van der Waals surface area (Å²) in [6.45, 7) is 9.27. The van der Waals surface area contributed by atoms with Crippen LogP contribution in [-0.2, 0) is 9.53 Å². The van der Waals surface area contributed by atoms with Gasteiger partial charge < -0.3 is 10.1 Å². The Morgan fingerprint density at radius 1 is 1.47 bits per heavy atom. The number of carbonyl (C=O) groups excluding carboxylic acids is 1. The molecule has 0 aliphatic rings. The lowest BCUT2D eigenvalue weighted by molar-refractivity contribution is -0.148. The highest BCUT2D eigenvalue weighted by molar-refractivity contribution is 7.99. The zero-order chi connectivity index (χ0) is 13.3. The Morgan fingerprint density at radius 3 is 2.59 bits per heavy atom. The molecule has 0 aliphatic carbocycles. The molecule has 0 bridgehead atoms. The topological polar surface area (TPSA) is 38.3 Å². The van der Waals surface area contributed by atoms with Crippen molar-refractivity contribution < 1.29 is 9.53 Å². The fourth-order valence-electron chi connectivity index (χ4n) is 1.63. The first-order valence-electron chi connectivity index (χ1n) is 6.41. The van der Waals surface area contributed by atoms with Gasteiger partial charge in [-0.15, -0.1) is 0 Å². The predicted molar refractivity (Wildman–Crippen MR) is 75.5 cm³/mol. The lowest BCUT2D eigenvalue weighted by atomic mass is 9.96. The van der Waals surface area contributed by atoms with Gasteiger partial charge >= 0.3 is 5.97 Å². The number of nitrogens with one attached hydrogen (secondary N) is 1. The number of carbonyl (C=O) groups is 1. The van der Waals surface area contributed by atoms with Crippen molar-refractivity contribution in [2.45, 2.75) is 57.7 Å². The van der Waals surface area contributed by atoms with Gasteiger partial charge in [0.2, 0.25) is 0 Å². The highest BCUT2D eigenvalue weighted by Gasteiger charge is 2.32. The van der Waals surface area contributed by atoms with Crippen LogP contribution in [0, 0.1) is 0 Å². The van der Waals surface area contributed by atoms with Gasteiger partial charge in [0.05, 0.1) is 7.11 Å². The van der Waals surface area contributed by atoms with E-state index in [0.29, 0.717) is 5.25 Å². The van der Waals surface area contributed by atoms with Gasteiger partial charge in [0.25, 0.3) is 0 Å². The molecule has 0 aromatic carbocycles. The second-order valence-corrected chi connectivity index (χ2v) is 6.46. The van der Waals surface area contributed by atoms with Gasteiger partial charge in [-0.05, 0) is 43.7 Å². The molecule has 102 valence electrons. The van der Waals surface area contributed by atoms with E-state index in [2.05, 4.69) is 26.1 Å². The molecule has 1 atom stereocenters. The summed E-state index contributed by atoms with van der Waals surface area (Å²) in [7, 11) is 1.46. The van der Waals surface area contributed by atoms with Crippen molar-refractivity contribution in [3.63, 3.8) is 0 Å². The first-order chi connectivity index (χ1) is 7.96. The quantitative estimate of drug-likeness (QED) is 0.511. The molecular formula is C13H27NO2S. The number of thioether (sulfide) groups is 1. The first-order valence-corrected chi connectivity index (χ1v) is 7.46. The number of methoxy groups -OCH3 is 1. The number of hydrogen-bond donors (Lipinski definition) is 1. The molecule has 0 spiro atoms. The van der Waals surface area contributed by atoms with Crippen LogP contribution in [0.25, 0.3) is 0 Å². The van der Waals surface area contributed by atoms with Crippen molar-refractivity contribution in [2.24, 2.45) is 0 Å². The molecule has 17 heavy (non-hydrogen) atoms. The third kappa shape index (κ3) is 6.94. The van der Waals surface area contributed by atoms with E-state index in [-0.39, 0.29) is 5.97 Å². The van der Waals surface area contributed by atoms with Crippen molar-refractivity contribution in [1.29, 1.82) is 0 Å². The van der Waals surface area contributed by atoms with Crippen molar-refractivity contribution in [3.8, 4) is 0 Å². The summed E-state index contributed by atoms with van der Waals surface area (Å²) in [6.07, 6.45) is 2.89. The third-order valence-electron chi connectivity index (χ3n) is 2.67. The Bertz CT molecular complexity index is 221. The Hall–Kier alpha value is -0.220. The van der Waals surface area contributed by atoms with Crippen LogP contribution in [0.1, 0.15) is 47.0 Å². The smallest absolute Gasteiger partial charge is 0.325 e. The summed E-state index contributed by atoms with van der Waals surface area (Å²) >= 11 is 1.94. The standard InChI is InChI=1S/C13H27NO2S/c1-6-9-14-13(4,12(15)16-5)8-7-10-17-11(2)3/h11,14H,6-10H2,1-5H3. The van der Waals surface area contributed by atoms with E-state index in [4.69, 9.17) is 4.74 Å². The molecule has 0 amide bonds. The van der Waals surface area contributed by atoms with Crippen LogP contribution in [0.15, 0.2) is 0 Å². The van der Waals surface area contributed by atoms with Crippen molar-refractivity contribution in [2.75, 3.05) is 19.4 Å². The molecule has 1 unspecified atom stereocenters. The Labute approximate surface area is 110 Å². The minimum absolute atomic E-state index is 0.152. The van der Waals surface area contributed by atoms with E-state index in [1.807, 2.05) is 18.7 Å². The van der Waals surface area contributed by atoms with Crippen LogP contribution in [0.5, 0.6) is 0 Å². The summed E-state index contributed by atoms with van der Waals surface area (Å²) in [4.78, 5) is 11.8. The van der Waals surface area contributed by atoms with Crippen LogP contribution in [0.3, 0.4) is 0 Å². The van der Waals surface area contributed by atoms with Crippen LogP contribution in [0.2, 0.25) is 0 Å². The second-order valence-electron chi connectivity index (χ2n) is 4.77. The van der Waals surface area contributed by atoms with Gasteiger partial charge in [0, 0.05) is 0 Å². The molecule has 0 fully saturated rings. The number of rotatable bonds is 9. The van der Waals surface area contributed by atoms with Crippen LogP contribution < -0.4 is 5.32 Å². The summed E-state index contributed by atoms with van der Waals surface area (Å²) in [5, 5.41) is 3.96. The van der Waals surface area contributed by atoms with Gasteiger partial charge in [-0.3, -0.25) is 4.79 Å². The highest BCUT2D eigenvalue weighted by Crippen LogP contribution is 2.18. The van der Waals surface area contributed by atoms with E-state index in [9.17, 15) is 4.79 Å². The van der Waals surface area contributed by atoms with E-state index >= 15 is 0 Å². The normalized spacial score (nSPS) is 14.7. The lowest BCUT2D eigenvalue weighted by Crippen LogP contribution is -2.50. The van der Waals surface area contributed by atoms with E-state index in [0.717, 1.165) is 31.6 Å². The van der Waals surface area contributed by atoms with Crippen LogP contribution in [-0.4, -0.2) is 36.2 Å². The van der Waals surface area contributed by atoms with E-state index in [1.165, 1.54) is 7.11 Å². The van der Waals surface area contributed by atoms with Crippen molar-refractivity contribution in [3.05, 3.63) is 0 Å². The summed E-state index contributed by atoms with van der Waals surface area (Å²) in [6, 6.07) is 0. The number of ether oxygens (including phenoxy) is 1. The lowest BCUT2D eigenvalue weighted by Gasteiger charge is -2.28. The average Bonchev–Trinajstić information content (AvgIpc) is 2.30. The molecule has 0 heterocycles. The molecule has 0 radical (unpaired) electrons. The molecule has 0 aromatic rings. The predicted octanol–water partition coefficient (Wildman–Crippen LogP) is 2.84. The largest absolute Gasteiger partial charge is 0.468 e. The Kier molecular flexibility index (Phi) is 8.70. The fourth-order valence-corrected chi connectivity index (χ4v) is 2.42. The monoisotopic (exact) mass is 261 g/mol. The van der Waals surface area contributed by atoms with E-state index in [1.54, 1.807) is 0 Å². The number of hydrogen-bond acceptors (Lipinski definition) is 4. The summed E-state index contributed by atoms with van der Waals surface area (Å²) in [5.41, 5.74) is -0.525. The maximum atomic E-state index is 11.8. The Morgan fingerprint density at radius 2 is 2.12 bits per heavy atom. The molecule has 3 nitrogen and oxygen atoms in total. The maximum absolute atomic E-state index is 11.8. The minimum Gasteiger partial charge on any atom is -0.468 e. The van der Waals surface area contributed by atoms with Gasteiger partial charge in [-0.1, -0.05) is 20.8 Å². The number of esters is 1. The highest BCUT2D eigenvalue weighted by atomic mass is 32.2. The fraction of sp³-hybridized carbons (Fsp3) is 0.923. The molecule has 0 aromatic heterocycles. The molecule has 0 aliphatic heterocycles. The summed E-state index contributed by atoms with van der Waals surface area (Å²) in [5.74, 6) is 0.943. The van der Waals surface area contributed by atoms with Crippen molar-refractivity contribution >= 4 is 17.7 Å². The molecule has 1 N–H and O–H groups in total. The van der Waals surface area contributed by atoms with Gasteiger partial charge in [-0.25, -0.2) is 0 Å².